The molecule has 1 saturated heterocycles. The second-order valence-corrected chi connectivity index (χ2v) is 5.46. The summed E-state index contributed by atoms with van der Waals surface area (Å²) in [4.78, 5) is 13.8. The lowest BCUT2D eigenvalue weighted by Gasteiger charge is -2.29. The number of likely N-dealkylation sites (tertiary alicyclic amines) is 1. The Morgan fingerprint density at radius 1 is 1.30 bits per heavy atom. The van der Waals surface area contributed by atoms with Gasteiger partial charge in [-0.3, -0.25) is 4.79 Å². The lowest BCUT2D eigenvalue weighted by molar-refractivity contribution is -0.133. The highest BCUT2D eigenvalue weighted by Crippen LogP contribution is 2.17. The first-order chi connectivity index (χ1) is 9.56. The predicted octanol–water partition coefficient (Wildman–Crippen LogP) is 2.06. The highest BCUT2D eigenvalue weighted by atomic mass is 16.5. The molecule has 4 heteroatoms. The zero-order valence-corrected chi connectivity index (χ0v) is 12.3. The number of hydrogen-bond acceptors (Lipinski definition) is 3. The summed E-state index contributed by atoms with van der Waals surface area (Å²) in [6.45, 7) is 5.83. The Balaban J connectivity index is 1.75. The van der Waals surface area contributed by atoms with Crippen LogP contribution in [0.1, 0.15) is 30.4 Å². The molecule has 4 nitrogen and oxygen atoms in total. The molecular formula is C16H23NO3. The number of piperidine rings is 1. The van der Waals surface area contributed by atoms with Gasteiger partial charge in [-0.1, -0.05) is 6.07 Å². The van der Waals surface area contributed by atoms with E-state index in [0.717, 1.165) is 5.75 Å². The van der Waals surface area contributed by atoms with Gasteiger partial charge in [-0.2, -0.15) is 0 Å². The Kier molecular flexibility index (Phi) is 5.01. The molecule has 1 amide bonds. The first-order valence-electron chi connectivity index (χ1n) is 7.22. The minimum atomic E-state index is -0.245. The Bertz CT molecular complexity index is 465. The average molecular weight is 277 g/mol. The Hall–Kier alpha value is -1.55. The van der Waals surface area contributed by atoms with Crippen LogP contribution in [0.2, 0.25) is 0 Å². The lowest BCUT2D eigenvalue weighted by Crippen LogP contribution is -2.40. The highest BCUT2D eigenvalue weighted by molar-refractivity contribution is 5.76. The number of nitrogens with zero attached hydrogens (tertiary/aromatic N) is 1. The third-order valence-corrected chi connectivity index (χ3v) is 3.88. The zero-order valence-electron chi connectivity index (χ0n) is 12.3. The smallest absolute Gasteiger partial charge is 0.226 e. The van der Waals surface area contributed by atoms with Crippen LogP contribution in [0.5, 0.6) is 5.75 Å². The van der Waals surface area contributed by atoms with Crippen molar-refractivity contribution >= 4 is 5.91 Å². The third kappa shape index (κ3) is 3.97. The zero-order chi connectivity index (χ0) is 14.5. The summed E-state index contributed by atoms with van der Waals surface area (Å²) in [7, 11) is 0. The van der Waals surface area contributed by atoms with Gasteiger partial charge in [-0.15, -0.1) is 0 Å². The number of hydrogen-bond donors (Lipinski definition) is 1. The molecule has 0 saturated carbocycles. The van der Waals surface area contributed by atoms with Crippen molar-refractivity contribution in [2.45, 2.75) is 39.2 Å². The van der Waals surface area contributed by atoms with Crippen LogP contribution in [0, 0.1) is 13.8 Å². The molecule has 0 aliphatic carbocycles. The largest absolute Gasteiger partial charge is 0.493 e. The van der Waals surface area contributed by atoms with E-state index in [1.807, 2.05) is 30.0 Å². The fraction of sp³-hybridized carbons (Fsp3) is 0.562. The first-order valence-corrected chi connectivity index (χ1v) is 7.22. The van der Waals surface area contributed by atoms with Crippen molar-refractivity contribution in [3.05, 3.63) is 29.3 Å². The molecule has 2 rings (SSSR count). The molecule has 0 atom stereocenters. The normalized spacial score (nSPS) is 16.2. The van der Waals surface area contributed by atoms with Gasteiger partial charge in [0.25, 0.3) is 0 Å². The van der Waals surface area contributed by atoms with E-state index in [-0.39, 0.29) is 12.0 Å². The first kappa shape index (κ1) is 14.9. The molecule has 0 unspecified atom stereocenters. The molecule has 1 aliphatic heterocycles. The fourth-order valence-electron chi connectivity index (χ4n) is 2.33. The summed E-state index contributed by atoms with van der Waals surface area (Å²) in [5.74, 6) is 0.927. The van der Waals surface area contributed by atoms with Gasteiger partial charge < -0.3 is 14.7 Å². The Morgan fingerprint density at radius 3 is 2.65 bits per heavy atom. The van der Waals surface area contributed by atoms with E-state index in [1.54, 1.807) is 0 Å². The molecule has 20 heavy (non-hydrogen) atoms. The minimum absolute atomic E-state index is 0.112. The number of aryl methyl sites for hydroxylation is 2. The molecule has 0 radical (unpaired) electrons. The van der Waals surface area contributed by atoms with Crippen molar-refractivity contribution < 1.29 is 14.6 Å². The van der Waals surface area contributed by atoms with E-state index in [0.29, 0.717) is 39.0 Å². The van der Waals surface area contributed by atoms with Crippen molar-refractivity contribution in [3.8, 4) is 5.75 Å². The van der Waals surface area contributed by atoms with Crippen molar-refractivity contribution in [2.75, 3.05) is 19.7 Å². The van der Waals surface area contributed by atoms with Gasteiger partial charge in [0, 0.05) is 13.1 Å². The average Bonchev–Trinajstić information content (AvgIpc) is 2.43. The van der Waals surface area contributed by atoms with Crippen molar-refractivity contribution in [2.24, 2.45) is 0 Å². The number of carbonyl (C=O) groups is 1. The lowest BCUT2D eigenvalue weighted by atomic mass is 10.1. The topological polar surface area (TPSA) is 49.8 Å². The number of aliphatic hydroxyl groups is 1. The van der Waals surface area contributed by atoms with Crippen LogP contribution in [0.15, 0.2) is 18.2 Å². The maximum atomic E-state index is 12.0. The molecule has 1 aromatic rings. The molecule has 1 aliphatic rings. The predicted molar refractivity (Wildman–Crippen MR) is 77.8 cm³/mol. The van der Waals surface area contributed by atoms with Crippen LogP contribution < -0.4 is 4.74 Å². The number of amides is 1. The summed E-state index contributed by atoms with van der Waals surface area (Å²) >= 11 is 0. The van der Waals surface area contributed by atoms with E-state index in [1.165, 1.54) is 11.1 Å². The van der Waals surface area contributed by atoms with Crippen molar-refractivity contribution in [1.29, 1.82) is 0 Å². The number of rotatable bonds is 4. The SMILES string of the molecule is Cc1ccc(OCCC(=O)N2CCC(O)CC2)cc1C. The maximum absolute atomic E-state index is 12.0. The number of benzene rings is 1. The number of carbonyl (C=O) groups excluding carboxylic acids is 1. The minimum Gasteiger partial charge on any atom is -0.493 e. The van der Waals surface area contributed by atoms with Gasteiger partial charge in [0.1, 0.15) is 5.75 Å². The summed E-state index contributed by atoms with van der Waals surface area (Å²) in [5.41, 5.74) is 2.43. The maximum Gasteiger partial charge on any atom is 0.226 e. The number of ether oxygens (including phenoxy) is 1. The van der Waals surface area contributed by atoms with Gasteiger partial charge in [-0.05, 0) is 49.9 Å². The van der Waals surface area contributed by atoms with E-state index in [2.05, 4.69) is 6.92 Å². The third-order valence-electron chi connectivity index (χ3n) is 3.88. The molecule has 0 spiro atoms. The van der Waals surface area contributed by atoms with E-state index < -0.39 is 0 Å². The van der Waals surface area contributed by atoms with Crippen LogP contribution in [0.4, 0.5) is 0 Å². The second kappa shape index (κ2) is 6.75. The molecule has 110 valence electrons. The quantitative estimate of drug-likeness (QED) is 0.916. The van der Waals surface area contributed by atoms with Gasteiger partial charge in [-0.25, -0.2) is 0 Å². The summed E-state index contributed by atoms with van der Waals surface area (Å²) < 4.78 is 5.63. The van der Waals surface area contributed by atoms with Crippen LogP contribution in [0.3, 0.4) is 0 Å². The molecule has 0 bridgehead atoms. The molecule has 1 aromatic carbocycles. The van der Waals surface area contributed by atoms with Crippen LogP contribution in [0.25, 0.3) is 0 Å². The monoisotopic (exact) mass is 277 g/mol. The summed E-state index contributed by atoms with van der Waals surface area (Å²) in [6, 6.07) is 5.96. The van der Waals surface area contributed by atoms with Gasteiger partial charge in [0.15, 0.2) is 0 Å². The van der Waals surface area contributed by atoms with Crippen LogP contribution >= 0.6 is 0 Å². The Labute approximate surface area is 120 Å². The molecule has 1 heterocycles. The summed E-state index contributed by atoms with van der Waals surface area (Å²) in [6.07, 6.45) is 1.52. The van der Waals surface area contributed by atoms with E-state index >= 15 is 0 Å². The van der Waals surface area contributed by atoms with E-state index in [9.17, 15) is 9.90 Å². The standard InChI is InChI=1S/C16H23NO3/c1-12-3-4-15(11-13(12)2)20-10-7-16(19)17-8-5-14(18)6-9-17/h3-4,11,14,18H,5-10H2,1-2H3. The number of aliphatic hydroxyl groups excluding tert-OH is 1. The van der Waals surface area contributed by atoms with Gasteiger partial charge in [0.2, 0.25) is 5.91 Å². The molecule has 1 fully saturated rings. The second-order valence-electron chi connectivity index (χ2n) is 5.46. The highest BCUT2D eigenvalue weighted by Gasteiger charge is 2.20. The van der Waals surface area contributed by atoms with Crippen LogP contribution in [-0.2, 0) is 4.79 Å². The van der Waals surface area contributed by atoms with Crippen molar-refractivity contribution in [3.63, 3.8) is 0 Å². The van der Waals surface area contributed by atoms with Gasteiger partial charge in [0.05, 0.1) is 19.1 Å². The molecular weight excluding hydrogens is 254 g/mol. The van der Waals surface area contributed by atoms with Crippen molar-refractivity contribution in [1.82, 2.24) is 4.90 Å². The summed E-state index contributed by atoms with van der Waals surface area (Å²) in [5, 5.41) is 9.42. The van der Waals surface area contributed by atoms with Crippen LogP contribution in [-0.4, -0.2) is 41.7 Å². The molecule has 0 aromatic heterocycles. The van der Waals surface area contributed by atoms with E-state index in [4.69, 9.17) is 4.74 Å². The Morgan fingerprint density at radius 2 is 2.00 bits per heavy atom. The fourth-order valence-corrected chi connectivity index (χ4v) is 2.33. The molecule has 1 N–H and O–H groups in total. The van der Waals surface area contributed by atoms with Gasteiger partial charge >= 0.3 is 0 Å².